The molecule has 0 fully saturated rings. The van der Waals surface area contributed by atoms with Crippen molar-refractivity contribution in [3.63, 3.8) is 0 Å². The van der Waals surface area contributed by atoms with E-state index in [0.717, 1.165) is 0 Å². The van der Waals surface area contributed by atoms with Crippen molar-refractivity contribution < 1.29 is 22.7 Å². The second kappa shape index (κ2) is 8.65. The van der Waals surface area contributed by atoms with Gasteiger partial charge in [-0.1, -0.05) is 25.4 Å². The van der Waals surface area contributed by atoms with Gasteiger partial charge in [0.25, 0.3) is 0 Å². The molecule has 0 aliphatic carbocycles. The van der Waals surface area contributed by atoms with E-state index in [9.17, 15) is 18.0 Å². The van der Waals surface area contributed by atoms with Gasteiger partial charge in [0.05, 0.1) is 10.6 Å². The Labute approximate surface area is 163 Å². The number of rotatable bonds is 7. The Kier molecular flexibility index (Phi) is 6.75. The molecule has 27 heavy (non-hydrogen) atoms. The first-order valence-electron chi connectivity index (χ1n) is 8.33. The molecule has 2 aromatic rings. The molecule has 0 aliphatic rings. The zero-order valence-electron chi connectivity index (χ0n) is 15.2. The summed E-state index contributed by atoms with van der Waals surface area (Å²) in [5.74, 6) is -0.580. The van der Waals surface area contributed by atoms with Crippen molar-refractivity contribution in [1.29, 1.82) is 0 Å². The van der Waals surface area contributed by atoms with Gasteiger partial charge in [-0.3, -0.25) is 4.79 Å². The largest absolute Gasteiger partial charge is 0.423 e. The summed E-state index contributed by atoms with van der Waals surface area (Å²) in [6.45, 7) is 5.45. The van der Waals surface area contributed by atoms with Crippen LogP contribution in [-0.4, -0.2) is 37.6 Å². The van der Waals surface area contributed by atoms with Crippen molar-refractivity contribution in [1.82, 2.24) is 4.31 Å². The zero-order valence-corrected chi connectivity index (χ0v) is 16.8. The molecule has 2 rings (SSSR count). The van der Waals surface area contributed by atoms with Crippen LogP contribution in [0.5, 0.6) is 5.75 Å². The molecule has 0 N–H and O–H groups in total. The molecule has 0 radical (unpaired) electrons. The highest BCUT2D eigenvalue weighted by Crippen LogP contribution is 2.26. The normalized spacial score (nSPS) is 11.4. The Morgan fingerprint density at radius 1 is 1.00 bits per heavy atom. The number of ketones is 1. The number of carbonyl (C=O) groups is 2. The van der Waals surface area contributed by atoms with Crippen molar-refractivity contribution in [3.05, 3.63) is 58.6 Å². The van der Waals surface area contributed by atoms with Crippen LogP contribution in [0, 0.1) is 0 Å². The highest BCUT2D eigenvalue weighted by Gasteiger charge is 2.26. The molecule has 0 spiro atoms. The minimum absolute atomic E-state index is 0.0317. The van der Waals surface area contributed by atoms with Gasteiger partial charge in [-0.25, -0.2) is 13.2 Å². The number of Topliss-reactive ketones (excluding diaryl/α,β-unsaturated/α-hetero) is 1. The van der Waals surface area contributed by atoms with Crippen LogP contribution in [0.1, 0.15) is 41.5 Å². The fraction of sp³-hybridized carbons (Fsp3) is 0.263. The van der Waals surface area contributed by atoms with Crippen LogP contribution >= 0.6 is 11.6 Å². The first-order chi connectivity index (χ1) is 12.7. The van der Waals surface area contributed by atoms with Gasteiger partial charge in [-0.15, -0.1) is 0 Å². The molecule has 0 bridgehead atoms. The third-order valence-corrected chi connectivity index (χ3v) is 6.49. The zero-order chi connectivity index (χ0) is 20.2. The van der Waals surface area contributed by atoms with Crippen LogP contribution in [0.4, 0.5) is 0 Å². The summed E-state index contributed by atoms with van der Waals surface area (Å²) in [5, 5.41) is 0.0317. The smallest absolute Gasteiger partial charge is 0.343 e. The molecule has 0 unspecified atom stereocenters. The predicted molar refractivity (Wildman–Crippen MR) is 103 cm³/mol. The monoisotopic (exact) mass is 409 g/mol. The number of ether oxygens (including phenoxy) is 1. The van der Waals surface area contributed by atoms with Gasteiger partial charge in [-0.2, -0.15) is 4.31 Å². The lowest BCUT2D eigenvalue weighted by Crippen LogP contribution is -2.31. The van der Waals surface area contributed by atoms with Crippen molar-refractivity contribution in [3.8, 4) is 5.75 Å². The van der Waals surface area contributed by atoms with Gasteiger partial charge in [0.1, 0.15) is 10.6 Å². The average Bonchev–Trinajstić information content (AvgIpc) is 2.63. The Morgan fingerprint density at radius 2 is 1.56 bits per heavy atom. The third-order valence-electron chi connectivity index (χ3n) is 3.96. The van der Waals surface area contributed by atoms with Crippen LogP contribution in [0.15, 0.2) is 47.4 Å². The number of benzene rings is 2. The second-order valence-electron chi connectivity index (χ2n) is 5.70. The van der Waals surface area contributed by atoms with Gasteiger partial charge < -0.3 is 4.74 Å². The van der Waals surface area contributed by atoms with Crippen LogP contribution in [0.25, 0.3) is 0 Å². The molecule has 0 heterocycles. The minimum Gasteiger partial charge on any atom is -0.423 e. The van der Waals surface area contributed by atoms with Crippen LogP contribution < -0.4 is 4.74 Å². The number of nitrogens with zero attached hydrogens (tertiary/aromatic N) is 1. The molecular weight excluding hydrogens is 390 g/mol. The number of sulfonamides is 1. The molecule has 0 aliphatic heterocycles. The summed E-state index contributed by atoms with van der Waals surface area (Å²) in [6, 6.07) is 10.0. The summed E-state index contributed by atoms with van der Waals surface area (Å²) in [4.78, 5) is 23.5. The lowest BCUT2D eigenvalue weighted by atomic mass is 10.1. The fourth-order valence-corrected chi connectivity index (χ4v) is 4.41. The van der Waals surface area contributed by atoms with E-state index in [1.165, 1.54) is 41.6 Å². The maximum Gasteiger partial charge on any atom is 0.343 e. The first kappa shape index (κ1) is 21.1. The summed E-state index contributed by atoms with van der Waals surface area (Å²) < 4.78 is 31.9. The van der Waals surface area contributed by atoms with Gasteiger partial charge in [-0.05, 0) is 49.4 Å². The van der Waals surface area contributed by atoms with Crippen LogP contribution in [-0.2, 0) is 10.0 Å². The van der Waals surface area contributed by atoms with E-state index in [2.05, 4.69) is 0 Å². The summed E-state index contributed by atoms with van der Waals surface area (Å²) in [5.41, 5.74) is 0.551. The Morgan fingerprint density at radius 3 is 2.07 bits per heavy atom. The standard InChI is InChI=1S/C19H20ClNO5S/c1-4-21(5-2)27(24,25)18-12-15(8-11-17(18)20)19(23)26-16-9-6-14(7-10-16)13(3)22/h6-12H,4-5H2,1-3H3. The van der Waals surface area contributed by atoms with Crippen LogP contribution in [0.3, 0.4) is 0 Å². The maximum atomic E-state index is 12.7. The minimum atomic E-state index is -3.82. The van der Waals surface area contributed by atoms with Gasteiger partial charge in [0.2, 0.25) is 10.0 Å². The molecule has 144 valence electrons. The second-order valence-corrected chi connectivity index (χ2v) is 8.02. The summed E-state index contributed by atoms with van der Waals surface area (Å²) in [7, 11) is -3.82. The Hall–Kier alpha value is -2.22. The average molecular weight is 410 g/mol. The maximum absolute atomic E-state index is 12.7. The van der Waals surface area contributed by atoms with E-state index in [-0.39, 0.29) is 40.1 Å². The molecular formula is C19H20ClNO5S. The van der Waals surface area contributed by atoms with Gasteiger partial charge >= 0.3 is 5.97 Å². The molecule has 0 amide bonds. The molecule has 0 saturated carbocycles. The SMILES string of the molecule is CCN(CC)S(=O)(=O)c1cc(C(=O)Oc2ccc(C(C)=O)cc2)ccc1Cl. The highest BCUT2D eigenvalue weighted by molar-refractivity contribution is 7.89. The van der Waals surface area contributed by atoms with E-state index in [1.807, 2.05) is 0 Å². The quantitative estimate of drug-likeness (QED) is 0.395. The number of esters is 1. The Bertz CT molecular complexity index is 951. The van der Waals surface area contributed by atoms with Crippen molar-refractivity contribution in [2.75, 3.05) is 13.1 Å². The van der Waals surface area contributed by atoms with Crippen molar-refractivity contribution in [2.24, 2.45) is 0 Å². The van der Waals surface area contributed by atoms with Crippen LogP contribution in [0.2, 0.25) is 5.02 Å². The molecule has 6 nitrogen and oxygen atoms in total. The van der Waals surface area contributed by atoms with E-state index in [0.29, 0.717) is 5.56 Å². The number of halogens is 1. The first-order valence-corrected chi connectivity index (χ1v) is 10.1. The molecule has 8 heteroatoms. The molecule has 0 saturated heterocycles. The molecule has 2 aromatic carbocycles. The van der Waals surface area contributed by atoms with Gasteiger partial charge in [0, 0.05) is 18.7 Å². The number of hydrogen-bond donors (Lipinski definition) is 0. The number of carbonyl (C=O) groups excluding carboxylic acids is 2. The predicted octanol–water partition coefficient (Wildman–Crippen LogP) is 3.79. The van der Waals surface area contributed by atoms with E-state index >= 15 is 0 Å². The van der Waals surface area contributed by atoms with E-state index in [1.54, 1.807) is 26.0 Å². The Balaban J connectivity index is 2.31. The number of hydrogen-bond acceptors (Lipinski definition) is 5. The summed E-state index contributed by atoms with van der Waals surface area (Å²) >= 11 is 6.06. The van der Waals surface area contributed by atoms with E-state index in [4.69, 9.17) is 16.3 Å². The topological polar surface area (TPSA) is 80.8 Å². The van der Waals surface area contributed by atoms with Crippen molar-refractivity contribution in [2.45, 2.75) is 25.7 Å². The molecule has 0 aromatic heterocycles. The highest BCUT2D eigenvalue weighted by atomic mass is 35.5. The summed E-state index contributed by atoms with van der Waals surface area (Å²) in [6.07, 6.45) is 0. The van der Waals surface area contributed by atoms with E-state index < -0.39 is 16.0 Å². The van der Waals surface area contributed by atoms with Gasteiger partial charge in [0.15, 0.2) is 5.78 Å². The third kappa shape index (κ3) is 4.74. The fourth-order valence-electron chi connectivity index (χ4n) is 2.45. The van der Waals surface area contributed by atoms with Crippen molar-refractivity contribution >= 4 is 33.4 Å². The lowest BCUT2D eigenvalue weighted by Gasteiger charge is -2.19. The molecule has 0 atom stereocenters. The lowest BCUT2D eigenvalue weighted by molar-refractivity contribution is 0.0734.